The van der Waals surface area contributed by atoms with Crippen LogP contribution in [0.2, 0.25) is 0 Å². The number of hydrogen-bond acceptors (Lipinski definition) is 6. The standard InChI is InChI=1S/C25H21N3O3S/c1-31-25(30)21-12-5-2-9-18(21)22-16-28-24(32-22)20-11-4-3-10-19(20)23(29)27-15-13-17-8-6-7-14-26-17/h2-12,14,16H,13,15H2,1H3,(H,27,29). The fourth-order valence-electron chi connectivity index (χ4n) is 3.32. The number of rotatable bonds is 7. The van der Waals surface area contributed by atoms with Crippen LogP contribution in [0.4, 0.5) is 0 Å². The molecule has 32 heavy (non-hydrogen) atoms. The second-order valence-corrected chi connectivity index (χ2v) is 7.97. The van der Waals surface area contributed by atoms with Gasteiger partial charge in [-0.2, -0.15) is 0 Å². The van der Waals surface area contributed by atoms with Gasteiger partial charge in [0.15, 0.2) is 0 Å². The zero-order valence-electron chi connectivity index (χ0n) is 17.4. The number of nitrogens with zero attached hydrogens (tertiary/aromatic N) is 2. The first-order valence-electron chi connectivity index (χ1n) is 10.1. The van der Waals surface area contributed by atoms with Gasteiger partial charge in [-0.15, -0.1) is 11.3 Å². The van der Waals surface area contributed by atoms with Crippen LogP contribution in [0, 0.1) is 0 Å². The van der Waals surface area contributed by atoms with Crippen molar-refractivity contribution in [3.63, 3.8) is 0 Å². The Morgan fingerprint density at radius 1 is 0.906 bits per heavy atom. The average molecular weight is 444 g/mol. The van der Waals surface area contributed by atoms with Gasteiger partial charge < -0.3 is 10.1 Å². The van der Waals surface area contributed by atoms with Crippen LogP contribution in [0.25, 0.3) is 21.0 Å². The van der Waals surface area contributed by atoms with E-state index in [0.717, 1.165) is 21.7 Å². The van der Waals surface area contributed by atoms with E-state index in [2.05, 4.69) is 15.3 Å². The largest absolute Gasteiger partial charge is 0.465 e. The second kappa shape index (κ2) is 9.98. The van der Waals surface area contributed by atoms with Crippen molar-refractivity contribution in [2.75, 3.05) is 13.7 Å². The molecular weight excluding hydrogens is 422 g/mol. The van der Waals surface area contributed by atoms with Crippen molar-refractivity contribution in [2.45, 2.75) is 6.42 Å². The molecule has 7 heteroatoms. The number of thiazole rings is 1. The number of pyridine rings is 1. The third-order valence-electron chi connectivity index (χ3n) is 4.90. The van der Waals surface area contributed by atoms with Crippen LogP contribution in [0.5, 0.6) is 0 Å². The summed E-state index contributed by atoms with van der Waals surface area (Å²) in [6, 6.07) is 20.3. The lowest BCUT2D eigenvalue weighted by atomic mass is 10.1. The minimum atomic E-state index is -0.400. The summed E-state index contributed by atoms with van der Waals surface area (Å²) in [4.78, 5) is 34.6. The SMILES string of the molecule is COC(=O)c1ccccc1-c1cnc(-c2ccccc2C(=O)NCCc2ccccn2)s1. The van der Waals surface area contributed by atoms with Gasteiger partial charge in [-0.3, -0.25) is 9.78 Å². The van der Waals surface area contributed by atoms with Gasteiger partial charge in [0, 0.05) is 47.7 Å². The number of carbonyl (C=O) groups excluding carboxylic acids is 2. The first-order chi connectivity index (χ1) is 15.7. The normalized spacial score (nSPS) is 10.5. The minimum Gasteiger partial charge on any atom is -0.465 e. The van der Waals surface area contributed by atoms with Crippen LogP contribution in [0.15, 0.2) is 79.1 Å². The fourth-order valence-corrected chi connectivity index (χ4v) is 4.32. The summed E-state index contributed by atoms with van der Waals surface area (Å²) < 4.78 is 4.90. The molecule has 0 radical (unpaired) electrons. The third-order valence-corrected chi connectivity index (χ3v) is 5.96. The maximum Gasteiger partial charge on any atom is 0.338 e. The first kappa shape index (κ1) is 21.4. The lowest BCUT2D eigenvalue weighted by molar-refractivity contribution is 0.0601. The number of hydrogen-bond donors (Lipinski definition) is 1. The Hall–Kier alpha value is -3.84. The number of aromatic nitrogens is 2. The number of methoxy groups -OCH3 is 1. The van der Waals surface area contributed by atoms with E-state index in [1.54, 1.807) is 30.6 Å². The first-order valence-corrected chi connectivity index (χ1v) is 10.9. The molecule has 6 nitrogen and oxygen atoms in total. The fraction of sp³-hybridized carbons (Fsp3) is 0.120. The predicted molar refractivity (Wildman–Crippen MR) is 125 cm³/mol. The number of esters is 1. The Morgan fingerprint density at radius 2 is 1.62 bits per heavy atom. The van der Waals surface area contributed by atoms with Crippen molar-refractivity contribution in [3.05, 3.63) is 95.9 Å². The highest BCUT2D eigenvalue weighted by atomic mass is 32.1. The van der Waals surface area contributed by atoms with E-state index < -0.39 is 5.97 Å². The highest BCUT2D eigenvalue weighted by Crippen LogP contribution is 2.35. The molecule has 1 N–H and O–H groups in total. The Morgan fingerprint density at radius 3 is 2.38 bits per heavy atom. The Kier molecular flexibility index (Phi) is 6.67. The Balaban J connectivity index is 1.56. The van der Waals surface area contributed by atoms with E-state index in [1.165, 1.54) is 18.4 Å². The average Bonchev–Trinajstić information content (AvgIpc) is 3.34. The number of benzene rings is 2. The smallest absolute Gasteiger partial charge is 0.338 e. The summed E-state index contributed by atoms with van der Waals surface area (Å²) in [5.74, 6) is -0.563. The summed E-state index contributed by atoms with van der Waals surface area (Å²) in [5.41, 5.74) is 3.45. The van der Waals surface area contributed by atoms with Crippen molar-refractivity contribution in [3.8, 4) is 21.0 Å². The minimum absolute atomic E-state index is 0.164. The van der Waals surface area contributed by atoms with Crippen LogP contribution in [-0.2, 0) is 11.2 Å². The summed E-state index contributed by atoms with van der Waals surface area (Å²) in [6.45, 7) is 0.486. The molecule has 0 unspecified atom stereocenters. The topological polar surface area (TPSA) is 81.2 Å². The van der Waals surface area contributed by atoms with E-state index in [9.17, 15) is 9.59 Å². The van der Waals surface area contributed by atoms with Crippen molar-refractivity contribution >= 4 is 23.2 Å². The van der Waals surface area contributed by atoms with Crippen LogP contribution in [-0.4, -0.2) is 35.5 Å². The molecule has 0 atom stereocenters. The summed E-state index contributed by atoms with van der Waals surface area (Å²) in [7, 11) is 1.36. The van der Waals surface area contributed by atoms with Gasteiger partial charge in [-0.05, 0) is 24.3 Å². The number of amides is 1. The maximum atomic E-state index is 12.9. The van der Waals surface area contributed by atoms with Crippen molar-refractivity contribution in [2.24, 2.45) is 0 Å². The molecule has 0 bridgehead atoms. The maximum absolute atomic E-state index is 12.9. The molecule has 0 aliphatic carbocycles. The molecule has 1 amide bonds. The highest BCUT2D eigenvalue weighted by molar-refractivity contribution is 7.18. The molecule has 0 fully saturated rings. The van der Waals surface area contributed by atoms with Crippen molar-refractivity contribution < 1.29 is 14.3 Å². The molecule has 0 spiro atoms. The molecule has 4 rings (SSSR count). The zero-order chi connectivity index (χ0) is 22.3. The second-order valence-electron chi connectivity index (χ2n) is 6.94. The van der Waals surface area contributed by atoms with E-state index in [1.807, 2.05) is 48.5 Å². The monoisotopic (exact) mass is 443 g/mol. The number of ether oxygens (including phenoxy) is 1. The van der Waals surface area contributed by atoms with Crippen molar-refractivity contribution in [1.29, 1.82) is 0 Å². The zero-order valence-corrected chi connectivity index (χ0v) is 18.3. The van der Waals surface area contributed by atoms with E-state index in [0.29, 0.717) is 29.1 Å². The van der Waals surface area contributed by atoms with E-state index >= 15 is 0 Å². The quantitative estimate of drug-likeness (QED) is 0.421. The molecule has 0 aliphatic rings. The predicted octanol–water partition coefficient (Wildman–Crippen LogP) is 4.63. The van der Waals surface area contributed by atoms with Gasteiger partial charge in [-0.1, -0.05) is 42.5 Å². The highest BCUT2D eigenvalue weighted by Gasteiger charge is 2.18. The molecule has 2 heterocycles. The number of carbonyl (C=O) groups is 2. The lowest BCUT2D eigenvalue weighted by Crippen LogP contribution is -2.26. The van der Waals surface area contributed by atoms with E-state index in [-0.39, 0.29) is 5.91 Å². The third kappa shape index (κ3) is 4.73. The summed E-state index contributed by atoms with van der Waals surface area (Å²) >= 11 is 1.42. The van der Waals surface area contributed by atoms with Gasteiger partial charge in [0.05, 0.1) is 17.6 Å². The van der Waals surface area contributed by atoms with Crippen molar-refractivity contribution in [1.82, 2.24) is 15.3 Å². The summed E-state index contributed by atoms with van der Waals surface area (Å²) in [5, 5.41) is 3.67. The molecule has 160 valence electrons. The molecule has 4 aromatic rings. The molecule has 0 aliphatic heterocycles. The van der Waals surface area contributed by atoms with Gasteiger partial charge in [0.25, 0.3) is 5.91 Å². The van der Waals surface area contributed by atoms with E-state index in [4.69, 9.17) is 4.74 Å². The molecule has 0 saturated heterocycles. The summed E-state index contributed by atoms with van der Waals surface area (Å²) in [6.07, 6.45) is 4.11. The van der Waals surface area contributed by atoms with Gasteiger partial charge in [0.1, 0.15) is 5.01 Å². The number of nitrogens with one attached hydrogen (secondary N) is 1. The molecule has 2 aromatic heterocycles. The van der Waals surface area contributed by atoms with Gasteiger partial charge in [-0.25, -0.2) is 9.78 Å². The Labute approximate surface area is 189 Å². The van der Waals surface area contributed by atoms with Crippen LogP contribution < -0.4 is 5.32 Å². The van der Waals surface area contributed by atoms with Crippen LogP contribution >= 0.6 is 11.3 Å². The van der Waals surface area contributed by atoms with Crippen LogP contribution in [0.1, 0.15) is 26.4 Å². The molecule has 0 saturated carbocycles. The van der Waals surface area contributed by atoms with Crippen LogP contribution in [0.3, 0.4) is 0 Å². The Bertz CT molecular complexity index is 1240. The van der Waals surface area contributed by atoms with Gasteiger partial charge >= 0.3 is 5.97 Å². The van der Waals surface area contributed by atoms with Gasteiger partial charge in [0.2, 0.25) is 0 Å². The molecule has 2 aromatic carbocycles. The molecular formula is C25H21N3O3S. The lowest BCUT2D eigenvalue weighted by Gasteiger charge is -2.08.